The maximum Gasteiger partial charge on any atom is 0.311 e. The molecule has 0 radical (unpaired) electrons. The van der Waals surface area contributed by atoms with Crippen molar-refractivity contribution in [3.05, 3.63) is 0 Å². The van der Waals surface area contributed by atoms with Gasteiger partial charge in [0, 0.05) is 58.5 Å². The van der Waals surface area contributed by atoms with Crippen molar-refractivity contribution in [3.63, 3.8) is 0 Å². The number of aliphatic hydroxyl groups excluding tert-OH is 11. The molecule has 11 N–H and O–H groups in total. The van der Waals surface area contributed by atoms with E-state index in [0.717, 1.165) is 70.6 Å². The molecule has 0 aliphatic carbocycles. The average molecular weight is 1780 g/mol. The zero-order chi connectivity index (χ0) is 95.9. The summed E-state index contributed by atoms with van der Waals surface area (Å²) in [5.41, 5.74) is -2.50. The van der Waals surface area contributed by atoms with Crippen molar-refractivity contribution in [2.24, 2.45) is 56.2 Å². The Hall–Kier alpha value is -5.74. The van der Waals surface area contributed by atoms with Crippen LogP contribution in [0.25, 0.3) is 0 Å². The van der Waals surface area contributed by atoms with Crippen LogP contribution in [0.4, 0.5) is 0 Å². The maximum atomic E-state index is 11.4. The lowest BCUT2D eigenvalue weighted by Gasteiger charge is -2.20. The Labute approximate surface area is 738 Å². The Bertz CT molecular complexity index is 2480. The number of aliphatic hydroxyl groups is 11. The normalized spacial score (nSPS) is 12.7. The number of esters is 10. The molecule has 0 aliphatic rings. The Kier molecular flexibility index (Phi) is 103. The third-order valence-corrected chi connectivity index (χ3v) is 18.9. The van der Waals surface area contributed by atoms with Crippen molar-refractivity contribution < 1.29 is 151 Å². The van der Waals surface area contributed by atoms with E-state index in [1.165, 1.54) is 0 Å². The van der Waals surface area contributed by atoms with Crippen LogP contribution >= 0.6 is 0 Å². The third kappa shape index (κ3) is 90.5. The molecule has 0 bridgehead atoms. The van der Waals surface area contributed by atoms with Gasteiger partial charge in [0.2, 0.25) is 0 Å². The summed E-state index contributed by atoms with van der Waals surface area (Å²) in [6.45, 7) is 56.4. The van der Waals surface area contributed by atoms with Crippen LogP contribution in [-0.2, 0) is 95.3 Å². The zero-order valence-electron chi connectivity index (χ0n) is 80.2. The lowest BCUT2D eigenvalue weighted by Crippen LogP contribution is -2.28. The van der Waals surface area contributed by atoms with Crippen molar-refractivity contribution in [3.8, 4) is 0 Å². The minimum absolute atomic E-state index is 0. The zero-order valence-corrected chi connectivity index (χ0v) is 80.2. The quantitative estimate of drug-likeness (QED) is 0.0153. The minimum Gasteiger partial charge on any atom is -0.465 e. The molecule has 31 heteroatoms. The molecule has 0 aromatic carbocycles. The van der Waals surface area contributed by atoms with E-state index in [1.54, 1.807) is 27.7 Å². The van der Waals surface area contributed by atoms with Gasteiger partial charge in [-0.2, -0.15) is 0 Å². The van der Waals surface area contributed by atoms with Crippen molar-refractivity contribution in [2.45, 2.75) is 362 Å². The van der Waals surface area contributed by atoms with E-state index in [9.17, 15) is 47.9 Å². The number of carbonyl (C=O) groups is 10. The number of ether oxygens (including phenoxy) is 10. The van der Waals surface area contributed by atoms with E-state index >= 15 is 0 Å². The first-order valence-corrected chi connectivity index (χ1v) is 43.3. The standard InChI is InChI=1S/C10H20O4.2C10H20O3.4C9H18O3.2C8H16O3.C7H14O3.2CH4/c1-4-10(2,3)9(13)14-6-5-8(12)7-11;1-5-10(3,4)9(12)13-7-6-8(2)11;1-4-10(2,3)9(12)13-8-6-5-7-11;1-5-9(3,4)8(11)12-6-7(2)10;1-4-9(2,3)8(11)12-7-5-6-10;1-4-7(2)9(11)12-6-5-8(3)10;1-3-8(2)9(11)12-7-5-4-6-10;1-4-8(2,3)7(10)11-6-5-9;1-3-7(2)8(10)11-6-4-5-9;1-3-6(2)7(9)10-5-4-8;;/h8,11-12H,4-7H2,1-3H3;8,11H,5-7H2,1-4H3;11H,4-8H2,1-3H3;7,10H,5-6H2,1-4H3;10H,4-7H2,1-3H3;7-8,10H,4-6H2,1-3H3;8,10H,3-7H2,1-2H3;9H,4-6H2,1-3H3;7,9H,3-6H2,1-2H3;6,8H,3-5H2,1-2H3;2*1H4. The summed E-state index contributed by atoms with van der Waals surface area (Å²) in [7, 11) is 0. The van der Waals surface area contributed by atoms with Gasteiger partial charge in [-0.25, -0.2) is 0 Å². The lowest BCUT2D eigenvalue weighted by atomic mass is 9.91. The molecular weight excluding hydrogens is 1590 g/mol. The highest BCUT2D eigenvalue weighted by Gasteiger charge is 2.31. The fraction of sp³-hybridized carbons (Fsp3) is 0.890. The SMILES string of the molecule is C.C.CCC(C)(C)C(=O)OCC(C)O.CCC(C)(C)C(=O)OCCC(C)O.CCC(C)(C)C(=O)OCCC(O)CO.CCC(C)(C)C(=O)OCCCCO.CCC(C)(C)C(=O)OCCCO.CCC(C)(C)C(=O)OCCO.CCC(C)C(=O)OCCC(C)O.CCC(C)C(=O)OCCCCO.CCC(C)C(=O)OCCCO.CCC(C)C(=O)OCCO. The van der Waals surface area contributed by atoms with Crippen LogP contribution in [0.3, 0.4) is 0 Å². The lowest BCUT2D eigenvalue weighted by molar-refractivity contribution is -0.157. The second-order valence-corrected chi connectivity index (χ2v) is 32.8. The van der Waals surface area contributed by atoms with Crippen LogP contribution in [0.15, 0.2) is 0 Å². The topological polar surface area (TPSA) is 486 Å². The van der Waals surface area contributed by atoms with E-state index in [2.05, 4.69) is 4.74 Å². The van der Waals surface area contributed by atoms with Crippen LogP contribution in [-0.4, -0.2) is 253 Å². The van der Waals surface area contributed by atoms with Gasteiger partial charge in [0.05, 0.1) is 147 Å². The maximum absolute atomic E-state index is 11.4. The number of unbranched alkanes of at least 4 members (excludes halogenated alkanes) is 2. The highest BCUT2D eigenvalue weighted by atomic mass is 16.6. The van der Waals surface area contributed by atoms with Crippen LogP contribution in [0.2, 0.25) is 0 Å². The molecule has 0 spiro atoms. The predicted molar refractivity (Wildman–Crippen MR) is 478 cm³/mol. The molecular formula is C91H186O31. The van der Waals surface area contributed by atoms with Gasteiger partial charge >= 0.3 is 59.7 Å². The minimum atomic E-state index is -0.799. The number of rotatable bonds is 50. The van der Waals surface area contributed by atoms with E-state index in [0.29, 0.717) is 84.6 Å². The summed E-state index contributed by atoms with van der Waals surface area (Å²) in [6, 6.07) is 0. The highest BCUT2D eigenvalue weighted by Crippen LogP contribution is 2.26. The molecule has 0 aliphatic heterocycles. The fourth-order valence-electron chi connectivity index (χ4n) is 6.02. The first-order valence-electron chi connectivity index (χ1n) is 43.3. The average Bonchev–Trinajstić information content (AvgIpc) is 0.927. The molecule has 8 atom stereocenters. The molecule has 8 unspecified atom stereocenters. The first-order chi connectivity index (χ1) is 55.6. The van der Waals surface area contributed by atoms with Gasteiger partial charge in [-0.1, -0.05) is 112 Å². The third-order valence-electron chi connectivity index (χ3n) is 18.9. The van der Waals surface area contributed by atoms with Crippen LogP contribution in [0, 0.1) is 56.2 Å². The van der Waals surface area contributed by atoms with Gasteiger partial charge in [-0.05, 0) is 194 Å². The Morgan fingerprint density at radius 1 is 0.246 bits per heavy atom. The summed E-state index contributed by atoms with van der Waals surface area (Å²) in [6.07, 6.45) is 10.8. The Balaban J connectivity index is -0.000000110. The summed E-state index contributed by atoms with van der Waals surface area (Å²) in [4.78, 5) is 112. The molecule has 0 amide bonds. The first kappa shape index (κ1) is 142. The van der Waals surface area contributed by atoms with Crippen molar-refractivity contribution >= 4 is 59.7 Å². The van der Waals surface area contributed by atoms with Gasteiger partial charge in [-0.15, -0.1) is 0 Å². The van der Waals surface area contributed by atoms with Crippen LogP contribution in [0.1, 0.15) is 338 Å². The monoisotopic (exact) mass is 1780 g/mol. The Morgan fingerprint density at radius 3 is 0.672 bits per heavy atom. The van der Waals surface area contributed by atoms with E-state index < -0.39 is 51.5 Å². The number of hydrogen-bond donors (Lipinski definition) is 11. The van der Waals surface area contributed by atoms with Gasteiger partial charge in [0.15, 0.2) is 0 Å². The van der Waals surface area contributed by atoms with Crippen molar-refractivity contribution in [1.29, 1.82) is 0 Å². The summed E-state index contributed by atoms with van der Waals surface area (Å²) >= 11 is 0. The molecule has 0 saturated carbocycles. The molecule has 122 heavy (non-hydrogen) atoms. The Morgan fingerprint density at radius 2 is 0.443 bits per heavy atom. The summed E-state index contributed by atoms with van der Waals surface area (Å²) in [5.74, 6) is -2.04. The molecule has 0 fully saturated rings. The van der Waals surface area contributed by atoms with Gasteiger partial charge in [0.25, 0.3) is 0 Å². The summed E-state index contributed by atoms with van der Waals surface area (Å²) < 4.78 is 48.9. The molecule has 0 aromatic heterocycles. The molecule has 0 aromatic rings. The predicted octanol–water partition coefficient (Wildman–Crippen LogP) is 13.3. The van der Waals surface area contributed by atoms with Crippen LogP contribution < -0.4 is 0 Å². The highest BCUT2D eigenvalue weighted by molar-refractivity contribution is 5.78. The van der Waals surface area contributed by atoms with E-state index in [-0.39, 0.29) is 183 Å². The second-order valence-electron chi connectivity index (χ2n) is 32.8. The second kappa shape index (κ2) is 88.7. The van der Waals surface area contributed by atoms with Gasteiger partial charge in [-0.3, -0.25) is 47.9 Å². The molecule has 0 rings (SSSR count). The van der Waals surface area contributed by atoms with Gasteiger partial charge < -0.3 is 104 Å². The van der Waals surface area contributed by atoms with Crippen LogP contribution in [0.5, 0.6) is 0 Å². The van der Waals surface area contributed by atoms with Crippen molar-refractivity contribution in [2.75, 3.05) is 112 Å². The van der Waals surface area contributed by atoms with Gasteiger partial charge in [0.1, 0.15) is 19.8 Å². The number of carbonyl (C=O) groups excluding carboxylic acids is 10. The molecule has 736 valence electrons. The molecule has 0 saturated heterocycles. The summed E-state index contributed by atoms with van der Waals surface area (Å²) in [5, 5.41) is 94.6. The van der Waals surface area contributed by atoms with E-state index in [1.807, 2.05) is 173 Å². The van der Waals surface area contributed by atoms with Crippen molar-refractivity contribution in [1.82, 2.24) is 0 Å². The molecule has 31 nitrogen and oxygen atoms in total. The molecule has 0 heterocycles. The fourth-order valence-corrected chi connectivity index (χ4v) is 6.02. The number of hydrogen-bond acceptors (Lipinski definition) is 31. The van der Waals surface area contributed by atoms with E-state index in [4.69, 9.17) is 98.8 Å². The smallest absolute Gasteiger partial charge is 0.311 e. The largest absolute Gasteiger partial charge is 0.465 e.